The maximum atomic E-state index is 11.2. The molecular formula is C10H7IN4O2. The SMILES string of the molecule is Cn1nc(-c2ccn3c(I)cnc3c2)oc1=O. The number of imidazole rings is 1. The number of aromatic nitrogens is 4. The summed E-state index contributed by atoms with van der Waals surface area (Å²) in [6.07, 6.45) is 3.64. The van der Waals surface area contributed by atoms with Crippen molar-refractivity contribution in [1.82, 2.24) is 19.2 Å². The molecule has 3 heterocycles. The largest absolute Gasteiger partial charge is 0.437 e. The molecule has 3 rings (SSSR count). The molecule has 0 atom stereocenters. The topological polar surface area (TPSA) is 65.3 Å². The van der Waals surface area contributed by atoms with Crippen LogP contribution in [0, 0.1) is 3.70 Å². The van der Waals surface area contributed by atoms with Gasteiger partial charge >= 0.3 is 5.76 Å². The quantitative estimate of drug-likeness (QED) is 0.625. The van der Waals surface area contributed by atoms with Gasteiger partial charge in [-0.2, -0.15) is 4.68 Å². The van der Waals surface area contributed by atoms with Gasteiger partial charge in [0, 0.05) is 18.8 Å². The van der Waals surface area contributed by atoms with Crippen LogP contribution in [0.3, 0.4) is 0 Å². The van der Waals surface area contributed by atoms with Crippen LogP contribution in [0.25, 0.3) is 17.1 Å². The molecule has 0 saturated heterocycles. The minimum absolute atomic E-state index is 0.304. The number of halogens is 1. The van der Waals surface area contributed by atoms with Gasteiger partial charge in [0.1, 0.15) is 9.35 Å². The number of rotatable bonds is 1. The molecule has 0 aliphatic carbocycles. The number of fused-ring (bicyclic) bond motifs is 1. The summed E-state index contributed by atoms with van der Waals surface area (Å²) in [5.74, 6) is -0.171. The first kappa shape index (κ1) is 10.5. The molecule has 0 amide bonds. The maximum absolute atomic E-state index is 11.2. The van der Waals surface area contributed by atoms with E-state index >= 15 is 0 Å². The van der Waals surface area contributed by atoms with E-state index in [9.17, 15) is 4.79 Å². The standard InChI is InChI=1S/C10H7IN4O2/c1-14-10(16)17-9(13-14)6-2-3-15-7(11)5-12-8(15)4-6/h2-5H,1H3. The zero-order chi connectivity index (χ0) is 12.0. The third-order valence-corrected chi connectivity index (χ3v) is 3.20. The first-order valence-electron chi connectivity index (χ1n) is 4.82. The predicted octanol–water partition coefficient (Wildman–Crippen LogP) is 1.29. The highest BCUT2D eigenvalue weighted by molar-refractivity contribution is 14.1. The van der Waals surface area contributed by atoms with Gasteiger partial charge in [-0.15, -0.1) is 5.10 Å². The maximum Gasteiger partial charge on any atom is 0.437 e. The fraction of sp³-hybridized carbons (Fsp3) is 0.100. The summed E-state index contributed by atoms with van der Waals surface area (Å²) >= 11 is 2.20. The molecule has 0 aliphatic rings. The Morgan fingerprint density at radius 2 is 2.29 bits per heavy atom. The Kier molecular flexibility index (Phi) is 2.28. The first-order chi connectivity index (χ1) is 8.15. The Bertz CT molecular complexity index is 755. The van der Waals surface area contributed by atoms with Gasteiger partial charge in [-0.3, -0.25) is 4.40 Å². The molecule has 6 nitrogen and oxygen atoms in total. The van der Waals surface area contributed by atoms with Crippen LogP contribution < -0.4 is 5.76 Å². The summed E-state index contributed by atoms with van der Waals surface area (Å²) in [4.78, 5) is 15.4. The number of pyridine rings is 1. The highest BCUT2D eigenvalue weighted by Crippen LogP contribution is 2.18. The van der Waals surface area contributed by atoms with Crippen LogP contribution in [0.5, 0.6) is 0 Å². The molecule has 0 bridgehead atoms. The lowest BCUT2D eigenvalue weighted by Crippen LogP contribution is -2.09. The molecule has 3 aromatic rings. The summed E-state index contributed by atoms with van der Waals surface area (Å²) in [7, 11) is 1.55. The molecule has 17 heavy (non-hydrogen) atoms. The van der Waals surface area contributed by atoms with E-state index in [1.165, 1.54) is 0 Å². The molecule has 0 fully saturated rings. The Balaban J connectivity index is 2.21. The Morgan fingerprint density at radius 1 is 1.47 bits per heavy atom. The molecule has 86 valence electrons. The van der Waals surface area contributed by atoms with E-state index in [0.29, 0.717) is 5.89 Å². The zero-order valence-electron chi connectivity index (χ0n) is 8.79. The number of hydrogen-bond donors (Lipinski definition) is 0. The van der Waals surface area contributed by atoms with E-state index in [1.54, 1.807) is 13.2 Å². The Morgan fingerprint density at radius 3 is 3.00 bits per heavy atom. The van der Waals surface area contributed by atoms with Crippen molar-refractivity contribution in [1.29, 1.82) is 0 Å². The highest BCUT2D eigenvalue weighted by atomic mass is 127. The number of hydrogen-bond acceptors (Lipinski definition) is 4. The fourth-order valence-electron chi connectivity index (χ4n) is 1.55. The van der Waals surface area contributed by atoms with Crippen LogP contribution in [-0.4, -0.2) is 19.2 Å². The van der Waals surface area contributed by atoms with E-state index in [0.717, 1.165) is 19.6 Å². The minimum atomic E-state index is -0.474. The lowest BCUT2D eigenvalue weighted by Gasteiger charge is -1.97. The van der Waals surface area contributed by atoms with Crippen molar-refractivity contribution in [2.45, 2.75) is 0 Å². The lowest BCUT2D eigenvalue weighted by atomic mass is 10.2. The molecule has 0 spiro atoms. The molecule has 0 radical (unpaired) electrons. The van der Waals surface area contributed by atoms with Crippen molar-refractivity contribution in [2.24, 2.45) is 7.05 Å². The second-order valence-electron chi connectivity index (χ2n) is 3.52. The molecule has 7 heteroatoms. The van der Waals surface area contributed by atoms with Gasteiger partial charge in [0.25, 0.3) is 0 Å². The summed E-state index contributed by atoms with van der Waals surface area (Å²) in [5, 5.41) is 3.99. The molecule has 0 aliphatic heterocycles. The van der Waals surface area contributed by atoms with Crippen LogP contribution in [-0.2, 0) is 7.05 Å². The van der Waals surface area contributed by atoms with Crippen molar-refractivity contribution in [2.75, 3.05) is 0 Å². The Hall–Kier alpha value is -1.64. The van der Waals surface area contributed by atoms with Gasteiger partial charge in [-0.1, -0.05) is 0 Å². The summed E-state index contributed by atoms with van der Waals surface area (Å²) in [5.41, 5.74) is 1.53. The monoisotopic (exact) mass is 342 g/mol. The van der Waals surface area contributed by atoms with Crippen molar-refractivity contribution >= 4 is 28.2 Å². The van der Waals surface area contributed by atoms with Crippen LogP contribution in [0.15, 0.2) is 33.7 Å². The van der Waals surface area contributed by atoms with Crippen LogP contribution >= 0.6 is 22.6 Å². The van der Waals surface area contributed by atoms with Crippen molar-refractivity contribution < 1.29 is 4.42 Å². The number of aryl methyl sites for hydroxylation is 1. The third kappa shape index (κ3) is 1.66. The molecule has 0 aromatic carbocycles. The van der Waals surface area contributed by atoms with E-state index in [1.807, 2.05) is 22.7 Å². The third-order valence-electron chi connectivity index (χ3n) is 2.40. The second-order valence-corrected chi connectivity index (χ2v) is 4.63. The molecule has 0 unspecified atom stereocenters. The van der Waals surface area contributed by atoms with Crippen LogP contribution in [0.2, 0.25) is 0 Å². The Labute approximate surface area is 109 Å². The van der Waals surface area contributed by atoms with E-state index in [2.05, 4.69) is 32.7 Å². The van der Waals surface area contributed by atoms with E-state index in [-0.39, 0.29) is 0 Å². The smallest absolute Gasteiger partial charge is 0.388 e. The van der Waals surface area contributed by atoms with Gasteiger partial charge in [0.05, 0.1) is 6.20 Å². The van der Waals surface area contributed by atoms with Gasteiger partial charge in [-0.05, 0) is 34.7 Å². The van der Waals surface area contributed by atoms with Crippen LogP contribution in [0.4, 0.5) is 0 Å². The fourth-order valence-corrected chi connectivity index (χ4v) is 2.09. The molecule has 3 aromatic heterocycles. The second kappa shape index (κ2) is 3.69. The lowest BCUT2D eigenvalue weighted by molar-refractivity contribution is 0.505. The average molecular weight is 342 g/mol. The van der Waals surface area contributed by atoms with E-state index < -0.39 is 5.76 Å². The minimum Gasteiger partial charge on any atom is -0.388 e. The predicted molar refractivity (Wildman–Crippen MR) is 68.6 cm³/mol. The zero-order valence-corrected chi connectivity index (χ0v) is 11.0. The van der Waals surface area contributed by atoms with Crippen molar-refractivity contribution in [3.63, 3.8) is 0 Å². The normalized spacial score (nSPS) is 11.2. The van der Waals surface area contributed by atoms with Crippen molar-refractivity contribution in [3.8, 4) is 11.5 Å². The van der Waals surface area contributed by atoms with Crippen molar-refractivity contribution in [3.05, 3.63) is 38.8 Å². The first-order valence-corrected chi connectivity index (χ1v) is 5.90. The van der Waals surface area contributed by atoms with Crippen LogP contribution in [0.1, 0.15) is 0 Å². The van der Waals surface area contributed by atoms with Gasteiger partial charge in [-0.25, -0.2) is 9.78 Å². The summed E-state index contributed by atoms with van der Waals surface area (Å²) < 4.78 is 9.13. The highest BCUT2D eigenvalue weighted by Gasteiger charge is 2.09. The molecule has 0 saturated carbocycles. The molecule has 0 N–H and O–H groups in total. The van der Waals surface area contributed by atoms with Gasteiger partial charge in [0.2, 0.25) is 5.89 Å². The molecular weight excluding hydrogens is 335 g/mol. The van der Waals surface area contributed by atoms with E-state index in [4.69, 9.17) is 4.42 Å². The summed E-state index contributed by atoms with van der Waals surface area (Å²) in [6, 6.07) is 3.66. The van der Waals surface area contributed by atoms with Gasteiger partial charge in [0.15, 0.2) is 0 Å². The van der Waals surface area contributed by atoms with Gasteiger partial charge < -0.3 is 4.42 Å². The number of nitrogens with zero attached hydrogens (tertiary/aromatic N) is 4. The average Bonchev–Trinajstić information content (AvgIpc) is 2.84. The summed E-state index contributed by atoms with van der Waals surface area (Å²) in [6.45, 7) is 0.